The zero-order chi connectivity index (χ0) is 21.8. The lowest BCUT2D eigenvalue weighted by molar-refractivity contribution is -0.128. The van der Waals surface area contributed by atoms with Crippen molar-refractivity contribution in [3.63, 3.8) is 0 Å². The Bertz CT molecular complexity index is 1050. The molecule has 1 N–H and O–H groups in total. The maximum Gasteiger partial charge on any atom is 0.255 e. The molecule has 4 nitrogen and oxygen atoms in total. The van der Waals surface area contributed by atoms with Crippen LogP contribution in [0.3, 0.4) is 0 Å². The van der Waals surface area contributed by atoms with Crippen LogP contribution in [-0.4, -0.2) is 22.5 Å². The molecule has 1 atom stereocenters. The van der Waals surface area contributed by atoms with Crippen LogP contribution in [-0.2, 0) is 11.3 Å². The fraction of sp³-hybridized carbons (Fsp3) is 0.231. The molecule has 0 aliphatic carbocycles. The molecule has 5 heteroatoms. The number of benzene rings is 3. The van der Waals surface area contributed by atoms with Gasteiger partial charge >= 0.3 is 0 Å². The number of thioether (sulfide) groups is 1. The molecule has 0 aromatic heterocycles. The normalized spacial score (nSPS) is 16.0. The summed E-state index contributed by atoms with van der Waals surface area (Å²) in [4.78, 5) is 27.0. The summed E-state index contributed by atoms with van der Waals surface area (Å²) in [6, 6.07) is 25.5. The summed E-state index contributed by atoms with van der Waals surface area (Å²) in [6.45, 7) is 4.88. The molecule has 31 heavy (non-hydrogen) atoms. The van der Waals surface area contributed by atoms with Crippen molar-refractivity contribution in [1.29, 1.82) is 0 Å². The highest BCUT2D eigenvalue weighted by Gasteiger charge is 2.32. The van der Waals surface area contributed by atoms with E-state index in [4.69, 9.17) is 0 Å². The van der Waals surface area contributed by atoms with Gasteiger partial charge in [0.2, 0.25) is 5.91 Å². The first kappa shape index (κ1) is 21.2. The molecule has 3 aromatic rings. The number of hydrogen-bond acceptors (Lipinski definition) is 3. The highest BCUT2D eigenvalue weighted by Crippen LogP contribution is 2.39. The quantitative estimate of drug-likeness (QED) is 0.535. The van der Waals surface area contributed by atoms with E-state index in [2.05, 4.69) is 19.2 Å². The van der Waals surface area contributed by atoms with Crippen molar-refractivity contribution in [2.24, 2.45) is 0 Å². The van der Waals surface area contributed by atoms with Gasteiger partial charge in [-0.1, -0.05) is 68.4 Å². The summed E-state index contributed by atoms with van der Waals surface area (Å²) < 4.78 is 0. The molecule has 0 spiro atoms. The molecule has 0 radical (unpaired) electrons. The third-order valence-electron chi connectivity index (χ3n) is 5.46. The summed E-state index contributed by atoms with van der Waals surface area (Å²) in [5, 5.41) is 2.92. The number of carbonyl (C=O) groups is 2. The number of nitrogens with one attached hydrogen (secondary N) is 1. The summed E-state index contributed by atoms with van der Waals surface area (Å²) in [6.07, 6.45) is 0. The smallest absolute Gasteiger partial charge is 0.255 e. The second-order valence-corrected chi connectivity index (χ2v) is 9.09. The number of amides is 2. The van der Waals surface area contributed by atoms with E-state index >= 15 is 0 Å². The second kappa shape index (κ2) is 9.40. The van der Waals surface area contributed by atoms with Crippen molar-refractivity contribution in [2.45, 2.75) is 31.7 Å². The van der Waals surface area contributed by atoms with Crippen LogP contribution in [0.2, 0.25) is 0 Å². The van der Waals surface area contributed by atoms with Gasteiger partial charge in [0.15, 0.2) is 0 Å². The molecular formula is C26H26N2O2S. The third-order valence-corrected chi connectivity index (χ3v) is 6.71. The molecule has 0 unspecified atom stereocenters. The Hall–Kier alpha value is -3.05. The number of rotatable bonds is 6. The predicted molar refractivity (Wildman–Crippen MR) is 127 cm³/mol. The molecule has 1 saturated heterocycles. The van der Waals surface area contributed by atoms with Gasteiger partial charge in [0.1, 0.15) is 5.37 Å². The van der Waals surface area contributed by atoms with Gasteiger partial charge in [0.25, 0.3) is 5.91 Å². The van der Waals surface area contributed by atoms with Gasteiger partial charge < -0.3 is 10.2 Å². The van der Waals surface area contributed by atoms with Crippen LogP contribution in [0.25, 0.3) is 0 Å². The fourth-order valence-corrected chi connectivity index (χ4v) is 4.82. The lowest BCUT2D eigenvalue weighted by atomic mass is 10.0. The van der Waals surface area contributed by atoms with Crippen molar-refractivity contribution < 1.29 is 9.59 Å². The van der Waals surface area contributed by atoms with Gasteiger partial charge in [0, 0.05) is 17.8 Å². The van der Waals surface area contributed by atoms with Crippen LogP contribution < -0.4 is 5.32 Å². The van der Waals surface area contributed by atoms with Gasteiger partial charge in [-0.3, -0.25) is 9.59 Å². The third kappa shape index (κ3) is 5.00. The molecule has 0 bridgehead atoms. The molecule has 158 valence electrons. The van der Waals surface area contributed by atoms with Crippen molar-refractivity contribution in [2.75, 3.05) is 11.1 Å². The Labute approximate surface area is 187 Å². The molecule has 1 heterocycles. The fourth-order valence-electron chi connectivity index (χ4n) is 3.64. The van der Waals surface area contributed by atoms with E-state index in [0.717, 1.165) is 16.8 Å². The van der Waals surface area contributed by atoms with E-state index in [-0.39, 0.29) is 17.2 Å². The first-order valence-corrected chi connectivity index (χ1v) is 11.5. The number of carbonyl (C=O) groups excluding carboxylic acids is 2. The minimum Gasteiger partial charge on any atom is -0.322 e. The molecule has 1 aliphatic rings. The van der Waals surface area contributed by atoms with Crippen molar-refractivity contribution >= 4 is 29.3 Å². The maximum atomic E-state index is 12.6. The van der Waals surface area contributed by atoms with Crippen LogP contribution in [0.4, 0.5) is 5.69 Å². The Morgan fingerprint density at radius 3 is 2.32 bits per heavy atom. The molecule has 1 fully saturated rings. The Balaban J connectivity index is 1.44. The number of nitrogens with zero attached hydrogens (tertiary/aromatic N) is 1. The topological polar surface area (TPSA) is 49.4 Å². The van der Waals surface area contributed by atoms with E-state index in [0.29, 0.717) is 23.8 Å². The lowest BCUT2D eigenvalue weighted by Crippen LogP contribution is -2.27. The lowest BCUT2D eigenvalue weighted by Gasteiger charge is -2.24. The Kier molecular flexibility index (Phi) is 6.42. The molecule has 1 aliphatic heterocycles. The Morgan fingerprint density at radius 2 is 1.68 bits per heavy atom. The monoisotopic (exact) mass is 430 g/mol. The average molecular weight is 431 g/mol. The van der Waals surface area contributed by atoms with Crippen LogP contribution in [0, 0.1) is 0 Å². The van der Waals surface area contributed by atoms with Crippen LogP contribution in [0.15, 0.2) is 78.9 Å². The van der Waals surface area contributed by atoms with Gasteiger partial charge in [0.05, 0.1) is 5.75 Å². The van der Waals surface area contributed by atoms with E-state index < -0.39 is 0 Å². The number of anilines is 1. The molecule has 3 aromatic carbocycles. The van der Waals surface area contributed by atoms with Gasteiger partial charge in [-0.05, 0) is 46.9 Å². The molecule has 4 rings (SSSR count). The molecular weight excluding hydrogens is 404 g/mol. The van der Waals surface area contributed by atoms with Crippen molar-refractivity contribution in [3.8, 4) is 0 Å². The zero-order valence-corrected chi connectivity index (χ0v) is 18.6. The first-order chi connectivity index (χ1) is 15.0. The van der Waals surface area contributed by atoms with Gasteiger partial charge in [-0.25, -0.2) is 0 Å². The van der Waals surface area contributed by atoms with E-state index in [1.54, 1.807) is 11.8 Å². The zero-order valence-electron chi connectivity index (χ0n) is 17.7. The minimum atomic E-state index is -0.139. The first-order valence-electron chi connectivity index (χ1n) is 10.5. The Morgan fingerprint density at radius 1 is 1.00 bits per heavy atom. The van der Waals surface area contributed by atoms with E-state index in [9.17, 15) is 9.59 Å². The summed E-state index contributed by atoms with van der Waals surface area (Å²) >= 11 is 1.63. The molecule has 0 saturated carbocycles. The minimum absolute atomic E-state index is 0.0339. The van der Waals surface area contributed by atoms with Gasteiger partial charge in [-0.2, -0.15) is 0 Å². The van der Waals surface area contributed by atoms with E-state index in [1.807, 2.05) is 83.8 Å². The second-order valence-electron chi connectivity index (χ2n) is 8.02. The van der Waals surface area contributed by atoms with Crippen LogP contribution in [0.1, 0.15) is 52.2 Å². The van der Waals surface area contributed by atoms with Crippen LogP contribution in [0.5, 0.6) is 0 Å². The maximum absolute atomic E-state index is 12.6. The van der Waals surface area contributed by atoms with Crippen molar-refractivity contribution in [1.82, 2.24) is 4.90 Å². The average Bonchev–Trinajstić information content (AvgIpc) is 3.15. The summed E-state index contributed by atoms with van der Waals surface area (Å²) in [7, 11) is 0. The SMILES string of the molecule is CC(C)c1ccc(NC(=O)c2ccc([C@H]3SCC(=O)N3Cc3ccccc3)cc2)cc1. The largest absolute Gasteiger partial charge is 0.322 e. The van der Waals surface area contributed by atoms with Crippen LogP contribution >= 0.6 is 11.8 Å². The van der Waals surface area contributed by atoms with E-state index in [1.165, 1.54) is 5.56 Å². The summed E-state index contributed by atoms with van der Waals surface area (Å²) in [5.41, 5.74) is 4.77. The highest BCUT2D eigenvalue weighted by molar-refractivity contribution is 8.00. The predicted octanol–water partition coefficient (Wildman–Crippen LogP) is 5.84. The van der Waals surface area contributed by atoms with Gasteiger partial charge in [-0.15, -0.1) is 11.8 Å². The number of hydrogen-bond donors (Lipinski definition) is 1. The van der Waals surface area contributed by atoms with Crippen molar-refractivity contribution in [3.05, 3.63) is 101 Å². The summed E-state index contributed by atoms with van der Waals surface area (Å²) in [5.74, 6) is 0.941. The standard InChI is InChI=1S/C26H26N2O2S/c1-18(2)20-12-14-23(15-13-20)27-25(30)21-8-10-22(11-9-21)26-28(24(29)17-31-26)16-19-6-4-3-5-7-19/h3-15,18,26H,16-17H2,1-2H3,(H,27,30)/t26-/m1/s1. The molecule has 2 amide bonds. The highest BCUT2D eigenvalue weighted by atomic mass is 32.2.